The van der Waals surface area contributed by atoms with Crippen LogP contribution in [0.4, 0.5) is 0 Å². The van der Waals surface area contributed by atoms with Crippen LogP contribution < -0.4 is 20.1 Å². The SMILES string of the molecule is CCNC(=NCc1ccc(OCCO)c(OC)c1)NCCc1ncc(CC)s1.I. The molecule has 2 rings (SSSR count). The Bertz CT molecular complexity index is 755. The number of aliphatic imine (C=N–C) groups is 1. The standard InChI is InChI=1S/C20H30N4O3S.HI/c1-4-16-14-23-19(28-16)8-9-22-20(21-5-2)24-13-15-6-7-17(27-11-10-25)18(12-15)26-3;/h6-7,12,14,25H,4-5,8-11,13H2,1-3H3,(H2,21,22,24);1H. The average molecular weight is 534 g/mol. The second-order valence-corrected chi connectivity index (χ2v) is 7.20. The molecule has 0 saturated carbocycles. The zero-order valence-corrected chi connectivity index (χ0v) is 20.4. The second kappa shape index (κ2) is 14.4. The van der Waals surface area contributed by atoms with Gasteiger partial charge in [0.25, 0.3) is 0 Å². The normalized spacial score (nSPS) is 11.0. The highest BCUT2D eigenvalue weighted by Gasteiger charge is 2.06. The van der Waals surface area contributed by atoms with Gasteiger partial charge in [-0.2, -0.15) is 0 Å². The van der Waals surface area contributed by atoms with Gasteiger partial charge in [-0.3, -0.25) is 0 Å². The van der Waals surface area contributed by atoms with E-state index in [-0.39, 0.29) is 37.2 Å². The minimum Gasteiger partial charge on any atom is -0.493 e. The predicted octanol–water partition coefficient (Wildman–Crippen LogP) is 3.00. The van der Waals surface area contributed by atoms with E-state index in [0.29, 0.717) is 18.0 Å². The lowest BCUT2D eigenvalue weighted by Gasteiger charge is -2.12. The van der Waals surface area contributed by atoms with Crippen molar-refractivity contribution in [2.45, 2.75) is 33.2 Å². The van der Waals surface area contributed by atoms with Crippen LogP contribution in [0, 0.1) is 0 Å². The third kappa shape index (κ3) is 8.75. The van der Waals surface area contributed by atoms with Gasteiger partial charge in [-0.25, -0.2) is 9.98 Å². The first-order chi connectivity index (χ1) is 13.7. The summed E-state index contributed by atoms with van der Waals surface area (Å²) < 4.78 is 10.8. The van der Waals surface area contributed by atoms with Gasteiger partial charge in [0.05, 0.1) is 25.3 Å². The Morgan fingerprint density at radius 2 is 2.07 bits per heavy atom. The molecular weight excluding hydrogens is 503 g/mol. The Labute approximate surface area is 194 Å². The van der Waals surface area contributed by atoms with E-state index in [1.54, 1.807) is 18.4 Å². The highest BCUT2D eigenvalue weighted by atomic mass is 127. The van der Waals surface area contributed by atoms with Crippen molar-refractivity contribution in [2.24, 2.45) is 4.99 Å². The number of thiazole rings is 1. The summed E-state index contributed by atoms with van der Waals surface area (Å²) in [6, 6.07) is 5.69. The lowest BCUT2D eigenvalue weighted by molar-refractivity contribution is 0.196. The summed E-state index contributed by atoms with van der Waals surface area (Å²) in [4.78, 5) is 10.4. The highest BCUT2D eigenvalue weighted by molar-refractivity contribution is 14.0. The molecule has 0 aliphatic heterocycles. The Morgan fingerprint density at radius 3 is 2.72 bits per heavy atom. The fourth-order valence-electron chi connectivity index (χ4n) is 2.51. The van der Waals surface area contributed by atoms with E-state index in [1.807, 2.05) is 31.3 Å². The first-order valence-corrected chi connectivity index (χ1v) is 10.4. The van der Waals surface area contributed by atoms with E-state index in [2.05, 4.69) is 27.5 Å². The lowest BCUT2D eigenvalue weighted by Crippen LogP contribution is -2.38. The number of aryl methyl sites for hydroxylation is 1. The maximum atomic E-state index is 8.90. The molecule has 2 aromatic rings. The molecule has 162 valence electrons. The van der Waals surface area contributed by atoms with Gasteiger partial charge in [0.1, 0.15) is 6.61 Å². The minimum absolute atomic E-state index is 0. The summed E-state index contributed by atoms with van der Waals surface area (Å²) in [5.74, 6) is 2.02. The quantitative estimate of drug-likeness (QED) is 0.234. The van der Waals surface area contributed by atoms with Gasteiger partial charge >= 0.3 is 0 Å². The van der Waals surface area contributed by atoms with Crippen LogP contribution in [0.2, 0.25) is 0 Å². The van der Waals surface area contributed by atoms with E-state index in [0.717, 1.165) is 42.5 Å². The molecule has 0 radical (unpaired) electrons. The van der Waals surface area contributed by atoms with Gasteiger partial charge in [-0.1, -0.05) is 13.0 Å². The number of aliphatic hydroxyl groups excluding tert-OH is 1. The van der Waals surface area contributed by atoms with Crippen LogP contribution in [0.5, 0.6) is 11.5 Å². The van der Waals surface area contributed by atoms with Crippen molar-refractivity contribution in [1.82, 2.24) is 15.6 Å². The molecule has 1 aromatic heterocycles. The molecule has 0 aliphatic carbocycles. The maximum Gasteiger partial charge on any atom is 0.191 e. The number of benzene rings is 1. The lowest BCUT2D eigenvalue weighted by atomic mass is 10.2. The van der Waals surface area contributed by atoms with Crippen LogP contribution in [0.15, 0.2) is 29.4 Å². The van der Waals surface area contributed by atoms with Crippen molar-refractivity contribution in [3.63, 3.8) is 0 Å². The van der Waals surface area contributed by atoms with Crippen molar-refractivity contribution in [3.8, 4) is 11.5 Å². The highest BCUT2D eigenvalue weighted by Crippen LogP contribution is 2.28. The van der Waals surface area contributed by atoms with Gasteiger partial charge in [0, 0.05) is 30.6 Å². The summed E-state index contributed by atoms with van der Waals surface area (Å²) in [5.41, 5.74) is 1.01. The Balaban J connectivity index is 0.00000420. The molecule has 0 amide bonds. The van der Waals surface area contributed by atoms with Gasteiger partial charge in [-0.05, 0) is 31.0 Å². The summed E-state index contributed by atoms with van der Waals surface area (Å²) in [5, 5.41) is 16.7. The van der Waals surface area contributed by atoms with Crippen molar-refractivity contribution < 1.29 is 14.6 Å². The van der Waals surface area contributed by atoms with Crippen LogP contribution in [0.1, 0.15) is 29.3 Å². The third-order valence-electron chi connectivity index (χ3n) is 3.92. The number of nitrogens with zero attached hydrogens (tertiary/aromatic N) is 2. The summed E-state index contributed by atoms with van der Waals surface area (Å²) in [6.07, 6.45) is 3.86. The molecule has 3 N–H and O–H groups in total. The topological polar surface area (TPSA) is 88.0 Å². The maximum absolute atomic E-state index is 8.90. The van der Waals surface area contributed by atoms with Crippen LogP contribution in [0.25, 0.3) is 0 Å². The van der Waals surface area contributed by atoms with E-state index < -0.39 is 0 Å². The van der Waals surface area contributed by atoms with Gasteiger partial charge in [0.2, 0.25) is 0 Å². The Morgan fingerprint density at radius 1 is 1.24 bits per heavy atom. The smallest absolute Gasteiger partial charge is 0.191 e. The van der Waals surface area contributed by atoms with Crippen LogP contribution in [-0.4, -0.2) is 49.5 Å². The minimum atomic E-state index is -0.0341. The Hall–Kier alpha value is -1.59. The average Bonchev–Trinajstić information content (AvgIpc) is 3.18. The fraction of sp³-hybridized carbons (Fsp3) is 0.500. The molecular formula is C20H31IN4O3S. The van der Waals surface area contributed by atoms with Crippen LogP contribution >= 0.6 is 35.3 Å². The summed E-state index contributed by atoms with van der Waals surface area (Å²) >= 11 is 1.77. The molecule has 0 bridgehead atoms. The number of aliphatic hydroxyl groups is 1. The number of nitrogens with one attached hydrogen (secondary N) is 2. The van der Waals surface area contributed by atoms with Gasteiger partial charge in [-0.15, -0.1) is 35.3 Å². The van der Waals surface area contributed by atoms with Gasteiger partial charge in [0.15, 0.2) is 17.5 Å². The molecule has 0 atom stereocenters. The van der Waals surface area contributed by atoms with Gasteiger partial charge < -0.3 is 25.2 Å². The molecule has 29 heavy (non-hydrogen) atoms. The Kier molecular flexibility index (Phi) is 12.6. The molecule has 1 heterocycles. The van der Waals surface area contributed by atoms with Crippen molar-refractivity contribution >= 4 is 41.3 Å². The number of rotatable bonds is 11. The number of methoxy groups -OCH3 is 1. The molecule has 1 aromatic carbocycles. The molecule has 9 heteroatoms. The first-order valence-electron chi connectivity index (χ1n) is 9.56. The number of halogens is 1. The zero-order chi connectivity index (χ0) is 20.2. The van der Waals surface area contributed by atoms with Crippen molar-refractivity contribution in [1.29, 1.82) is 0 Å². The summed E-state index contributed by atoms with van der Waals surface area (Å²) in [7, 11) is 1.60. The molecule has 0 spiro atoms. The zero-order valence-electron chi connectivity index (χ0n) is 17.2. The predicted molar refractivity (Wildman–Crippen MR) is 129 cm³/mol. The molecule has 0 fully saturated rings. The van der Waals surface area contributed by atoms with E-state index in [1.165, 1.54) is 4.88 Å². The monoisotopic (exact) mass is 534 g/mol. The number of hydrogen-bond donors (Lipinski definition) is 3. The number of hydrogen-bond acceptors (Lipinski definition) is 6. The number of aromatic nitrogens is 1. The molecule has 0 unspecified atom stereocenters. The molecule has 0 saturated heterocycles. The van der Waals surface area contributed by atoms with Crippen LogP contribution in [0.3, 0.4) is 0 Å². The molecule has 7 nitrogen and oxygen atoms in total. The first kappa shape index (κ1) is 25.4. The fourth-order valence-corrected chi connectivity index (χ4v) is 3.37. The summed E-state index contributed by atoms with van der Waals surface area (Å²) in [6.45, 7) is 6.48. The van der Waals surface area contributed by atoms with Crippen LogP contribution in [-0.2, 0) is 19.4 Å². The number of ether oxygens (including phenoxy) is 2. The third-order valence-corrected chi connectivity index (χ3v) is 5.12. The largest absolute Gasteiger partial charge is 0.493 e. The second-order valence-electron chi connectivity index (χ2n) is 6.00. The van der Waals surface area contributed by atoms with Crippen molar-refractivity contribution in [3.05, 3.63) is 39.8 Å². The molecule has 0 aliphatic rings. The number of guanidine groups is 1. The van der Waals surface area contributed by atoms with E-state index >= 15 is 0 Å². The van der Waals surface area contributed by atoms with E-state index in [9.17, 15) is 0 Å². The van der Waals surface area contributed by atoms with Crippen molar-refractivity contribution in [2.75, 3.05) is 33.4 Å². The van der Waals surface area contributed by atoms with E-state index in [4.69, 9.17) is 14.6 Å².